The summed E-state index contributed by atoms with van der Waals surface area (Å²) in [5.74, 6) is 0.00515. The third kappa shape index (κ3) is 5.28. The number of rotatable bonds is 7. The first-order valence-corrected chi connectivity index (χ1v) is 8.30. The maximum atomic E-state index is 11.9. The third-order valence-electron chi connectivity index (χ3n) is 3.42. The van der Waals surface area contributed by atoms with Crippen molar-refractivity contribution in [2.75, 3.05) is 20.8 Å². The quantitative estimate of drug-likeness (QED) is 0.723. The van der Waals surface area contributed by atoms with Gasteiger partial charge in [-0.05, 0) is 35.9 Å². The number of hydrogen-bond donors (Lipinski definition) is 1. The fraction of sp³-hybridized carbons (Fsp3) is 0.222. The van der Waals surface area contributed by atoms with Gasteiger partial charge in [0.1, 0.15) is 0 Å². The van der Waals surface area contributed by atoms with Gasteiger partial charge < -0.3 is 19.5 Å². The highest BCUT2D eigenvalue weighted by molar-refractivity contribution is 6.36. The number of carbonyl (C=O) groups is 2. The van der Waals surface area contributed by atoms with Crippen molar-refractivity contribution in [3.8, 4) is 11.5 Å². The van der Waals surface area contributed by atoms with Crippen LogP contribution >= 0.6 is 23.2 Å². The number of ether oxygens (including phenoxy) is 3. The Labute approximate surface area is 160 Å². The average Bonchev–Trinajstić information content (AvgIpc) is 2.64. The summed E-state index contributed by atoms with van der Waals surface area (Å²) in [7, 11) is 3.07. The molecular weight excluding hydrogens is 381 g/mol. The number of esters is 1. The second kappa shape index (κ2) is 9.31. The Balaban J connectivity index is 1.86. The lowest BCUT2D eigenvalue weighted by molar-refractivity contribution is -0.124. The van der Waals surface area contributed by atoms with Gasteiger partial charge in [0, 0.05) is 11.6 Å². The molecule has 0 fully saturated rings. The van der Waals surface area contributed by atoms with Crippen molar-refractivity contribution in [3.05, 3.63) is 57.6 Å². The molecule has 0 unspecified atom stereocenters. The van der Waals surface area contributed by atoms with Crippen LogP contribution in [0.5, 0.6) is 11.5 Å². The highest BCUT2D eigenvalue weighted by atomic mass is 35.5. The van der Waals surface area contributed by atoms with Crippen LogP contribution in [0, 0.1) is 0 Å². The molecule has 0 saturated heterocycles. The van der Waals surface area contributed by atoms with E-state index in [0.29, 0.717) is 16.5 Å². The van der Waals surface area contributed by atoms with Crippen molar-refractivity contribution in [1.29, 1.82) is 0 Å². The van der Waals surface area contributed by atoms with Crippen LogP contribution in [-0.4, -0.2) is 32.7 Å². The smallest absolute Gasteiger partial charge is 0.340 e. The van der Waals surface area contributed by atoms with Gasteiger partial charge in [-0.1, -0.05) is 29.3 Å². The Hall–Kier alpha value is -2.44. The Morgan fingerprint density at radius 3 is 2.38 bits per heavy atom. The summed E-state index contributed by atoms with van der Waals surface area (Å²) in [6, 6.07) is 9.66. The molecule has 0 heterocycles. The van der Waals surface area contributed by atoms with E-state index in [-0.39, 0.29) is 17.1 Å². The van der Waals surface area contributed by atoms with Crippen molar-refractivity contribution in [3.63, 3.8) is 0 Å². The summed E-state index contributed by atoms with van der Waals surface area (Å²) in [6.45, 7) is -0.177. The molecule has 8 heteroatoms. The molecule has 0 saturated carbocycles. The van der Waals surface area contributed by atoms with Crippen LogP contribution in [0.1, 0.15) is 15.9 Å². The second-order valence-electron chi connectivity index (χ2n) is 5.17. The molecule has 0 aliphatic rings. The zero-order valence-corrected chi connectivity index (χ0v) is 15.7. The minimum Gasteiger partial charge on any atom is -0.493 e. The molecule has 1 amide bonds. The Morgan fingerprint density at radius 2 is 1.73 bits per heavy atom. The number of nitrogens with one attached hydrogen (secondary N) is 1. The Bertz CT molecular complexity index is 810. The van der Waals surface area contributed by atoms with E-state index in [4.69, 9.17) is 37.4 Å². The summed E-state index contributed by atoms with van der Waals surface area (Å²) in [4.78, 5) is 23.8. The van der Waals surface area contributed by atoms with Crippen LogP contribution in [0.3, 0.4) is 0 Å². The van der Waals surface area contributed by atoms with Crippen LogP contribution in [0.25, 0.3) is 0 Å². The van der Waals surface area contributed by atoms with Crippen LogP contribution in [0.2, 0.25) is 10.0 Å². The molecule has 6 nitrogen and oxygen atoms in total. The van der Waals surface area contributed by atoms with Crippen LogP contribution in [0.15, 0.2) is 36.4 Å². The summed E-state index contributed by atoms with van der Waals surface area (Å²) in [6.07, 6.45) is 0. The standard InChI is InChI=1S/C18H17Cl2NO5/c1-24-15-6-3-11(7-16(15)25-2)9-21-17(22)10-26-18(23)13-5-4-12(19)8-14(13)20/h3-8H,9-10H2,1-2H3,(H,21,22). The van der Waals surface area contributed by atoms with E-state index in [0.717, 1.165) is 5.56 Å². The van der Waals surface area contributed by atoms with Crippen molar-refractivity contribution in [2.24, 2.45) is 0 Å². The highest BCUT2D eigenvalue weighted by Crippen LogP contribution is 2.27. The molecule has 0 radical (unpaired) electrons. The third-order valence-corrected chi connectivity index (χ3v) is 3.97. The molecule has 2 aromatic carbocycles. The van der Waals surface area contributed by atoms with Gasteiger partial charge in [0.15, 0.2) is 18.1 Å². The first-order chi connectivity index (χ1) is 12.4. The molecule has 0 aromatic heterocycles. The first kappa shape index (κ1) is 19.9. The van der Waals surface area contributed by atoms with E-state index in [1.807, 2.05) is 0 Å². The summed E-state index contributed by atoms with van der Waals surface area (Å²) >= 11 is 11.7. The van der Waals surface area contributed by atoms with Crippen molar-refractivity contribution in [1.82, 2.24) is 5.32 Å². The number of hydrogen-bond acceptors (Lipinski definition) is 5. The fourth-order valence-corrected chi connectivity index (χ4v) is 2.59. The van der Waals surface area contributed by atoms with Crippen molar-refractivity contribution < 1.29 is 23.8 Å². The molecule has 0 spiro atoms. The molecule has 2 aromatic rings. The number of methoxy groups -OCH3 is 2. The van der Waals surface area contributed by atoms with E-state index in [1.165, 1.54) is 25.3 Å². The number of carbonyl (C=O) groups excluding carboxylic acids is 2. The number of amides is 1. The van der Waals surface area contributed by atoms with Gasteiger partial charge in [-0.2, -0.15) is 0 Å². The molecule has 1 N–H and O–H groups in total. The molecule has 0 aliphatic carbocycles. The van der Waals surface area contributed by atoms with E-state index in [2.05, 4.69) is 5.32 Å². The molecule has 0 bridgehead atoms. The molecular formula is C18H17Cl2NO5. The minimum atomic E-state index is -0.701. The molecule has 0 aliphatic heterocycles. The SMILES string of the molecule is COc1ccc(CNC(=O)COC(=O)c2ccc(Cl)cc2Cl)cc1OC. The Morgan fingerprint density at radius 1 is 1.00 bits per heavy atom. The molecule has 0 atom stereocenters. The molecule has 138 valence electrons. The van der Waals surface area contributed by atoms with E-state index < -0.39 is 18.5 Å². The van der Waals surface area contributed by atoms with Crippen LogP contribution in [-0.2, 0) is 16.1 Å². The molecule has 26 heavy (non-hydrogen) atoms. The Kier molecular flexibility index (Phi) is 7.12. The topological polar surface area (TPSA) is 73.9 Å². The fourth-order valence-electron chi connectivity index (χ4n) is 2.11. The van der Waals surface area contributed by atoms with Gasteiger partial charge in [-0.25, -0.2) is 4.79 Å². The van der Waals surface area contributed by atoms with E-state index in [9.17, 15) is 9.59 Å². The lowest BCUT2D eigenvalue weighted by Gasteiger charge is -2.11. The lowest BCUT2D eigenvalue weighted by atomic mass is 10.2. The van der Waals surface area contributed by atoms with Crippen LogP contribution in [0.4, 0.5) is 0 Å². The average molecular weight is 398 g/mol. The summed E-state index contributed by atoms with van der Waals surface area (Å²) < 4.78 is 15.3. The molecule has 2 rings (SSSR count). The zero-order chi connectivity index (χ0) is 19.1. The van der Waals surface area contributed by atoms with Gasteiger partial charge in [-0.3, -0.25) is 4.79 Å². The maximum Gasteiger partial charge on any atom is 0.340 e. The van der Waals surface area contributed by atoms with Gasteiger partial charge in [-0.15, -0.1) is 0 Å². The normalized spacial score (nSPS) is 10.2. The minimum absolute atomic E-state index is 0.142. The summed E-state index contributed by atoms with van der Waals surface area (Å²) in [5, 5.41) is 3.21. The van der Waals surface area contributed by atoms with Gasteiger partial charge in [0.25, 0.3) is 5.91 Å². The second-order valence-corrected chi connectivity index (χ2v) is 6.01. The monoisotopic (exact) mass is 397 g/mol. The van der Waals surface area contributed by atoms with Gasteiger partial charge in [0.2, 0.25) is 0 Å². The predicted octanol–water partition coefficient (Wildman–Crippen LogP) is 3.48. The van der Waals surface area contributed by atoms with Gasteiger partial charge in [0.05, 0.1) is 24.8 Å². The number of halogens is 2. The van der Waals surface area contributed by atoms with Crippen LogP contribution < -0.4 is 14.8 Å². The van der Waals surface area contributed by atoms with Gasteiger partial charge >= 0.3 is 5.97 Å². The zero-order valence-electron chi connectivity index (χ0n) is 14.2. The summed E-state index contributed by atoms with van der Waals surface area (Å²) in [5.41, 5.74) is 0.951. The van der Waals surface area contributed by atoms with E-state index in [1.54, 1.807) is 25.3 Å². The first-order valence-electron chi connectivity index (χ1n) is 7.54. The largest absolute Gasteiger partial charge is 0.493 e. The van der Waals surface area contributed by atoms with Crippen molar-refractivity contribution >= 4 is 35.1 Å². The maximum absolute atomic E-state index is 11.9. The highest BCUT2D eigenvalue weighted by Gasteiger charge is 2.14. The predicted molar refractivity (Wildman–Crippen MR) is 98.1 cm³/mol. The number of benzene rings is 2. The lowest BCUT2D eigenvalue weighted by Crippen LogP contribution is -2.28. The van der Waals surface area contributed by atoms with Crippen molar-refractivity contribution in [2.45, 2.75) is 6.54 Å². The van der Waals surface area contributed by atoms with E-state index >= 15 is 0 Å².